The molecule has 5 heteroatoms. The fraction of sp³-hybridized carbons (Fsp3) is 0.615. The van der Waals surface area contributed by atoms with E-state index in [-0.39, 0.29) is 6.03 Å². The van der Waals surface area contributed by atoms with Crippen molar-refractivity contribution in [2.24, 2.45) is 0 Å². The van der Waals surface area contributed by atoms with Crippen LogP contribution < -0.4 is 5.32 Å². The molecule has 1 aromatic rings. The quantitative estimate of drug-likeness (QED) is 0.893. The van der Waals surface area contributed by atoms with Gasteiger partial charge < -0.3 is 10.2 Å². The van der Waals surface area contributed by atoms with Crippen molar-refractivity contribution in [3.63, 3.8) is 0 Å². The standard InChI is InChI=1S/C13H19BrN2OS/c1-16(8-12-7-10(14)9-18-12)13(17)15-11-5-3-2-4-6-11/h7,9,11H,2-6,8H2,1H3,(H,15,17). The number of amides is 2. The summed E-state index contributed by atoms with van der Waals surface area (Å²) in [6.07, 6.45) is 6.05. The minimum Gasteiger partial charge on any atom is -0.335 e. The molecule has 1 aromatic heterocycles. The molecule has 0 unspecified atom stereocenters. The molecule has 1 aliphatic carbocycles. The Labute approximate surface area is 121 Å². The van der Waals surface area contributed by atoms with Gasteiger partial charge in [-0.05, 0) is 34.8 Å². The van der Waals surface area contributed by atoms with E-state index in [2.05, 4.69) is 27.3 Å². The number of nitrogens with one attached hydrogen (secondary N) is 1. The third-order valence-electron chi connectivity index (χ3n) is 3.29. The molecule has 0 spiro atoms. The highest BCUT2D eigenvalue weighted by molar-refractivity contribution is 9.10. The van der Waals surface area contributed by atoms with Gasteiger partial charge in [-0.15, -0.1) is 11.3 Å². The van der Waals surface area contributed by atoms with Crippen LogP contribution in [0.4, 0.5) is 4.79 Å². The maximum atomic E-state index is 12.0. The number of urea groups is 1. The summed E-state index contributed by atoms with van der Waals surface area (Å²) < 4.78 is 1.09. The molecule has 1 aliphatic rings. The fourth-order valence-corrected chi connectivity index (χ4v) is 3.78. The van der Waals surface area contributed by atoms with E-state index in [0.717, 1.165) is 17.3 Å². The molecule has 0 radical (unpaired) electrons. The lowest BCUT2D eigenvalue weighted by molar-refractivity contribution is 0.199. The lowest BCUT2D eigenvalue weighted by atomic mass is 9.96. The predicted molar refractivity (Wildman–Crippen MR) is 78.9 cm³/mol. The van der Waals surface area contributed by atoms with Crippen LogP contribution in [-0.4, -0.2) is 24.0 Å². The molecular weight excluding hydrogens is 312 g/mol. The van der Waals surface area contributed by atoms with Crippen molar-refractivity contribution in [3.8, 4) is 0 Å². The second-order valence-electron chi connectivity index (χ2n) is 4.87. The van der Waals surface area contributed by atoms with Crippen LogP contribution in [0.15, 0.2) is 15.9 Å². The van der Waals surface area contributed by atoms with Gasteiger partial charge in [-0.1, -0.05) is 19.3 Å². The minimum absolute atomic E-state index is 0.0476. The Morgan fingerprint density at radius 2 is 2.22 bits per heavy atom. The van der Waals surface area contributed by atoms with Crippen LogP contribution in [0.25, 0.3) is 0 Å². The SMILES string of the molecule is CN(Cc1cc(Br)cs1)C(=O)NC1CCCCC1. The Bertz CT molecular complexity index is 401. The van der Waals surface area contributed by atoms with Crippen molar-refractivity contribution in [2.75, 3.05) is 7.05 Å². The number of nitrogens with zero attached hydrogens (tertiary/aromatic N) is 1. The molecule has 3 nitrogen and oxygen atoms in total. The Kier molecular flexibility index (Phi) is 5.06. The maximum absolute atomic E-state index is 12.0. The first-order chi connectivity index (χ1) is 8.65. The predicted octanol–water partition coefficient (Wildman–Crippen LogP) is 3.98. The Morgan fingerprint density at radius 1 is 1.50 bits per heavy atom. The first-order valence-electron chi connectivity index (χ1n) is 6.39. The molecule has 0 atom stereocenters. The Balaban J connectivity index is 1.80. The Morgan fingerprint density at radius 3 is 2.83 bits per heavy atom. The lowest BCUT2D eigenvalue weighted by Gasteiger charge is -2.26. The molecular formula is C13H19BrN2OS. The van der Waals surface area contributed by atoms with Crippen molar-refractivity contribution in [1.82, 2.24) is 10.2 Å². The van der Waals surface area contributed by atoms with Crippen LogP contribution in [0.1, 0.15) is 37.0 Å². The van der Waals surface area contributed by atoms with E-state index >= 15 is 0 Å². The van der Waals surface area contributed by atoms with Crippen LogP contribution in [-0.2, 0) is 6.54 Å². The lowest BCUT2D eigenvalue weighted by Crippen LogP contribution is -2.43. The highest BCUT2D eigenvalue weighted by atomic mass is 79.9. The molecule has 2 amide bonds. The van der Waals surface area contributed by atoms with E-state index in [4.69, 9.17) is 0 Å². The minimum atomic E-state index is 0.0476. The summed E-state index contributed by atoms with van der Waals surface area (Å²) in [5, 5.41) is 5.17. The topological polar surface area (TPSA) is 32.3 Å². The molecule has 18 heavy (non-hydrogen) atoms. The van der Waals surface area contributed by atoms with Crippen molar-refractivity contribution < 1.29 is 4.79 Å². The van der Waals surface area contributed by atoms with Gasteiger partial charge in [-0.3, -0.25) is 0 Å². The van der Waals surface area contributed by atoms with Gasteiger partial charge in [0.15, 0.2) is 0 Å². The van der Waals surface area contributed by atoms with Crippen molar-refractivity contribution in [3.05, 3.63) is 20.8 Å². The van der Waals surface area contributed by atoms with Gasteiger partial charge >= 0.3 is 6.03 Å². The average molecular weight is 331 g/mol. The van der Waals surface area contributed by atoms with E-state index in [1.807, 2.05) is 12.4 Å². The monoisotopic (exact) mass is 330 g/mol. The molecule has 2 rings (SSSR count). The van der Waals surface area contributed by atoms with Crippen molar-refractivity contribution in [2.45, 2.75) is 44.7 Å². The highest BCUT2D eigenvalue weighted by Gasteiger charge is 2.18. The van der Waals surface area contributed by atoms with Gasteiger partial charge in [0, 0.05) is 27.8 Å². The summed E-state index contributed by atoms with van der Waals surface area (Å²) in [7, 11) is 1.85. The number of carbonyl (C=O) groups is 1. The summed E-state index contributed by atoms with van der Waals surface area (Å²) in [5.74, 6) is 0. The van der Waals surface area contributed by atoms with Gasteiger partial charge in [0.2, 0.25) is 0 Å². The van der Waals surface area contributed by atoms with E-state index in [1.54, 1.807) is 16.2 Å². The highest BCUT2D eigenvalue weighted by Crippen LogP contribution is 2.21. The average Bonchev–Trinajstić information content (AvgIpc) is 2.76. The number of hydrogen-bond acceptors (Lipinski definition) is 2. The van der Waals surface area contributed by atoms with Crippen LogP contribution in [0.5, 0.6) is 0 Å². The van der Waals surface area contributed by atoms with Crippen LogP contribution in [0.3, 0.4) is 0 Å². The van der Waals surface area contributed by atoms with Gasteiger partial charge in [-0.2, -0.15) is 0 Å². The number of thiophene rings is 1. The molecule has 0 aromatic carbocycles. The smallest absolute Gasteiger partial charge is 0.317 e. The summed E-state index contributed by atoms with van der Waals surface area (Å²) in [4.78, 5) is 15.0. The summed E-state index contributed by atoms with van der Waals surface area (Å²) in [6.45, 7) is 0.675. The summed E-state index contributed by atoms with van der Waals surface area (Å²) in [5.41, 5.74) is 0. The van der Waals surface area contributed by atoms with Gasteiger partial charge in [0.1, 0.15) is 0 Å². The molecule has 100 valence electrons. The maximum Gasteiger partial charge on any atom is 0.317 e. The zero-order chi connectivity index (χ0) is 13.0. The zero-order valence-corrected chi connectivity index (χ0v) is 13.0. The van der Waals surface area contributed by atoms with Crippen LogP contribution >= 0.6 is 27.3 Å². The first kappa shape index (κ1) is 13.9. The molecule has 1 saturated carbocycles. The summed E-state index contributed by atoms with van der Waals surface area (Å²) >= 11 is 5.10. The molecule has 0 aliphatic heterocycles. The van der Waals surface area contributed by atoms with Crippen molar-refractivity contribution in [1.29, 1.82) is 0 Å². The molecule has 1 fully saturated rings. The van der Waals surface area contributed by atoms with Gasteiger partial charge in [-0.25, -0.2) is 4.79 Å². The van der Waals surface area contributed by atoms with Gasteiger partial charge in [0.25, 0.3) is 0 Å². The molecule has 0 saturated heterocycles. The normalized spacial score (nSPS) is 16.6. The molecule has 0 bridgehead atoms. The first-order valence-corrected chi connectivity index (χ1v) is 8.07. The van der Waals surface area contributed by atoms with Crippen LogP contribution in [0.2, 0.25) is 0 Å². The third kappa shape index (κ3) is 3.99. The number of hydrogen-bond donors (Lipinski definition) is 1. The van der Waals surface area contributed by atoms with Gasteiger partial charge in [0.05, 0.1) is 6.54 Å². The second-order valence-corrected chi connectivity index (χ2v) is 6.78. The number of rotatable bonds is 3. The molecule has 1 N–H and O–H groups in total. The van der Waals surface area contributed by atoms with E-state index < -0.39 is 0 Å². The summed E-state index contributed by atoms with van der Waals surface area (Å²) in [6, 6.07) is 2.49. The van der Waals surface area contributed by atoms with E-state index in [0.29, 0.717) is 12.6 Å². The van der Waals surface area contributed by atoms with Crippen molar-refractivity contribution >= 4 is 33.3 Å². The fourth-order valence-electron chi connectivity index (χ4n) is 2.27. The van der Waals surface area contributed by atoms with E-state index in [1.165, 1.54) is 24.1 Å². The zero-order valence-electron chi connectivity index (χ0n) is 10.6. The largest absolute Gasteiger partial charge is 0.335 e. The number of halogens is 1. The van der Waals surface area contributed by atoms with E-state index in [9.17, 15) is 4.79 Å². The van der Waals surface area contributed by atoms with Crippen LogP contribution in [0, 0.1) is 0 Å². The third-order valence-corrected chi connectivity index (χ3v) is 4.98. The molecule has 1 heterocycles. The Hall–Kier alpha value is -0.550. The second kappa shape index (κ2) is 6.57. The number of carbonyl (C=O) groups excluding carboxylic acids is 1.